The highest BCUT2D eigenvalue weighted by molar-refractivity contribution is 9.10. The van der Waals surface area contributed by atoms with Crippen LogP contribution in [0.15, 0.2) is 29.0 Å². The Balaban J connectivity index is 1.90. The van der Waals surface area contributed by atoms with Crippen molar-refractivity contribution >= 4 is 21.7 Å². The third-order valence-electron chi connectivity index (χ3n) is 3.54. The SMILES string of the molecule is CCCNc1nc(Cc2ccncc2)nc(C2CC2)c1Br. The first-order chi connectivity index (χ1) is 10.3. The maximum atomic E-state index is 4.78. The predicted molar refractivity (Wildman–Crippen MR) is 87.5 cm³/mol. The van der Waals surface area contributed by atoms with Crippen molar-refractivity contribution in [1.29, 1.82) is 0 Å². The van der Waals surface area contributed by atoms with Gasteiger partial charge in [-0.25, -0.2) is 9.97 Å². The van der Waals surface area contributed by atoms with E-state index in [9.17, 15) is 0 Å². The van der Waals surface area contributed by atoms with E-state index in [1.165, 1.54) is 18.4 Å². The van der Waals surface area contributed by atoms with E-state index in [0.717, 1.165) is 41.2 Å². The lowest BCUT2D eigenvalue weighted by atomic mass is 10.2. The molecule has 1 aliphatic carbocycles. The van der Waals surface area contributed by atoms with Gasteiger partial charge >= 0.3 is 0 Å². The maximum Gasteiger partial charge on any atom is 0.144 e. The zero-order chi connectivity index (χ0) is 14.7. The first-order valence-corrected chi connectivity index (χ1v) is 8.26. The second kappa shape index (κ2) is 6.52. The Hall–Kier alpha value is -1.49. The minimum Gasteiger partial charge on any atom is -0.369 e. The fourth-order valence-electron chi connectivity index (χ4n) is 2.26. The molecule has 2 aromatic heterocycles. The van der Waals surface area contributed by atoms with Gasteiger partial charge in [-0.15, -0.1) is 0 Å². The van der Waals surface area contributed by atoms with E-state index in [1.54, 1.807) is 0 Å². The first-order valence-electron chi connectivity index (χ1n) is 7.47. The van der Waals surface area contributed by atoms with Gasteiger partial charge in [-0.05, 0) is 52.9 Å². The van der Waals surface area contributed by atoms with Crippen molar-refractivity contribution in [2.45, 2.75) is 38.5 Å². The molecule has 0 aromatic carbocycles. The number of rotatable bonds is 6. The van der Waals surface area contributed by atoms with Crippen molar-refractivity contribution in [3.8, 4) is 0 Å². The van der Waals surface area contributed by atoms with E-state index in [0.29, 0.717) is 5.92 Å². The third kappa shape index (κ3) is 3.59. The van der Waals surface area contributed by atoms with Gasteiger partial charge < -0.3 is 5.32 Å². The maximum absolute atomic E-state index is 4.78. The minimum atomic E-state index is 0.598. The van der Waals surface area contributed by atoms with E-state index in [-0.39, 0.29) is 0 Å². The molecule has 4 nitrogen and oxygen atoms in total. The highest BCUT2D eigenvalue weighted by Crippen LogP contribution is 2.43. The van der Waals surface area contributed by atoms with Gasteiger partial charge in [0.05, 0.1) is 10.2 Å². The Labute approximate surface area is 133 Å². The van der Waals surface area contributed by atoms with Crippen LogP contribution in [-0.4, -0.2) is 21.5 Å². The van der Waals surface area contributed by atoms with Crippen LogP contribution in [0.4, 0.5) is 5.82 Å². The molecule has 0 bridgehead atoms. The van der Waals surface area contributed by atoms with Crippen LogP contribution in [0.2, 0.25) is 0 Å². The summed E-state index contributed by atoms with van der Waals surface area (Å²) in [5, 5.41) is 3.40. The summed E-state index contributed by atoms with van der Waals surface area (Å²) >= 11 is 3.67. The molecule has 5 heteroatoms. The van der Waals surface area contributed by atoms with Crippen LogP contribution in [0.5, 0.6) is 0 Å². The first kappa shape index (κ1) is 14.4. The van der Waals surface area contributed by atoms with E-state index in [1.807, 2.05) is 24.5 Å². The summed E-state index contributed by atoms with van der Waals surface area (Å²) < 4.78 is 1.04. The highest BCUT2D eigenvalue weighted by atomic mass is 79.9. The standard InChI is InChI=1S/C16H19BrN4/c1-2-7-19-16-14(17)15(12-3-4-12)20-13(21-16)10-11-5-8-18-9-6-11/h5-6,8-9,12H,2-4,7,10H2,1H3,(H,19,20,21). The number of nitrogens with zero attached hydrogens (tertiary/aromatic N) is 3. The highest BCUT2D eigenvalue weighted by Gasteiger charge is 2.29. The van der Waals surface area contributed by atoms with Crippen molar-refractivity contribution < 1.29 is 0 Å². The van der Waals surface area contributed by atoms with Crippen LogP contribution >= 0.6 is 15.9 Å². The predicted octanol–water partition coefficient (Wildman–Crippen LogP) is 3.92. The molecule has 0 atom stereocenters. The molecule has 0 unspecified atom stereocenters. The third-order valence-corrected chi connectivity index (χ3v) is 4.32. The number of anilines is 1. The van der Waals surface area contributed by atoms with Gasteiger partial charge in [-0.3, -0.25) is 4.98 Å². The summed E-state index contributed by atoms with van der Waals surface area (Å²) in [7, 11) is 0. The summed E-state index contributed by atoms with van der Waals surface area (Å²) in [6.07, 6.45) is 7.92. The average Bonchev–Trinajstić information content (AvgIpc) is 3.33. The van der Waals surface area contributed by atoms with Crippen molar-refractivity contribution in [2.75, 3.05) is 11.9 Å². The Kier molecular flexibility index (Phi) is 4.48. The number of aromatic nitrogens is 3. The van der Waals surface area contributed by atoms with Gasteiger partial charge in [0.25, 0.3) is 0 Å². The van der Waals surface area contributed by atoms with Crippen LogP contribution in [0.1, 0.15) is 49.2 Å². The van der Waals surface area contributed by atoms with Crippen LogP contribution in [0, 0.1) is 0 Å². The molecule has 2 aromatic rings. The molecule has 1 fully saturated rings. The van der Waals surface area contributed by atoms with Crippen molar-refractivity contribution in [2.24, 2.45) is 0 Å². The van der Waals surface area contributed by atoms with Gasteiger partial charge in [0.1, 0.15) is 11.6 Å². The molecule has 21 heavy (non-hydrogen) atoms. The summed E-state index contributed by atoms with van der Waals surface area (Å²) in [6.45, 7) is 3.08. The molecule has 0 spiro atoms. The second-order valence-corrected chi connectivity index (χ2v) is 6.21. The van der Waals surface area contributed by atoms with Crippen LogP contribution in [0.25, 0.3) is 0 Å². The van der Waals surface area contributed by atoms with Crippen molar-refractivity contribution in [3.63, 3.8) is 0 Å². The van der Waals surface area contributed by atoms with Gasteiger partial charge in [-0.2, -0.15) is 0 Å². The van der Waals surface area contributed by atoms with Gasteiger partial charge in [-0.1, -0.05) is 6.92 Å². The summed E-state index contributed by atoms with van der Waals surface area (Å²) in [5.74, 6) is 2.41. The smallest absolute Gasteiger partial charge is 0.144 e. The lowest BCUT2D eigenvalue weighted by Crippen LogP contribution is -2.09. The van der Waals surface area contributed by atoms with E-state index in [2.05, 4.69) is 38.1 Å². The molecule has 1 aliphatic rings. The zero-order valence-corrected chi connectivity index (χ0v) is 13.7. The lowest BCUT2D eigenvalue weighted by Gasteiger charge is -2.12. The fraction of sp³-hybridized carbons (Fsp3) is 0.438. The molecule has 2 heterocycles. The Morgan fingerprint density at radius 1 is 1.24 bits per heavy atom. The Bertz CT molecular complexity index is 611. The fourth-order valence-corrected chi connectivity index (χ4v) is 2.90. The number of hydrogen-bond donors (Lipinski definition) is 1. The molecular formula is C16H19BrN4. The molecule has 0 amide bonds. The summed E-state index contributed by atoms with van der Waals surface area (Å²) in [4.78, 5) is 13.5. The molecule has 0 saturated heterocycles. The van der Waals surface area contributed by atoms with E-state index in [4.69, 9.17) is 4.98 Å². The number of pyridine rings is 1. The van der Waals surface area contributed by atoms with Crippen molar-refractivity contribution in [1.82, 2.24) is 15.0 Å². The summed E-state index contributed by atoms with van der Waals surface area (Å²) in [6, 6.07) is 4.03. The zero-order valence-electron chi connectivity index (χ0n) is 12.1. The Morgan fingerprint density at radius 3 is 2.67 bits per heavy atom. The molecule has 1 N–H and O–H groups in total. The largest absolute Gasteiger partial charge is 0.369 e. The molecule has 1 saturated carbocycles. The number of halogens is 1. The topological polar surface area (TPSA) is 50.7 Å². The Morgan fingerprint density at radius 2 is 2.00 bits per heavy atom. The second-order valence-electron chi connectivity index (χ2n) is 5.42. The van der Waals surface area contributed by atoms with Gasteiger partial charge in [0, 0.05) is 31.3 Å². The molecule has 110 valence electrons. The van der Waals surface area contributed by atoms with Crippen LogP contribution in [0.3, 0.4) is 0 Å². The quantitative estimate of drug-likeness (QED) is 0.860. The average molecular weight is 347 g/mol. The normalized spacial score (nSPS) is 14.2. The molecule has 0 radical (unpaired) electrons. The van der Waals surface area contributed by atoms with Gasteiger partial charge in [0.2, 0.25) is 0 Å². The molecule has 3 rings (SSSR count). The van der Waals surface area contributed by atoms with Crippen LogP contribution in [-0.2, 0) is 6.42 Å². The minimum absolute atomic E-state index is 0.598. The molecule has 0 aliphatic heterocycles. The van der Waals surface area contributed by atoms with E-state index < -0.39 is 0 Å². The number of hydrogen-bond acceptors (Lipinski definition) is 4. The van der Waals surface area contributed by atoms with Crippen LogP contribution < -0.4 is 5.32 Å². The monoisotopic (exact) mass is 346 g/mol. The van der Waals surface area contributed by atoms with Gasteiger partial charge in [0.15, 0.2) is 0 Å². The summed E-state index contributed by atoms with van der Waals surface area (Å²) in [5.41, 5.74) is 2.35. The number of nitrogens with one attached hydrogen (secondary N) is 1. The van der Waals surface area contributed by atoms with E-state index >= 15 is 0 Å². The molecular weight excluding hydrogens is 328 g/mol. The lowest BCUT2D eigenvalue weighted by molar-refractivity contribution is 0.877. The van der Waals surface area contributed by atoms with Crippen molar-refractivity contribution in [3.05, 3.63) is 46.1 Å².